The zero-order valence-electron chi connectivity index (χ0n) is 11.0. The molecule has 0 aromatic heterocycles. The Morgan fingerprint density at radius 1 is 1.30 bits per heavy atom. The number of nitrogens with one attached hydrogen (secondary N) is 1. The fourth-order valence-corrected chi connectivity index (χ4v) is 1.40. The van der Waals surface area contributed by atoms with Crippen molar-refractivity contribution < 1.29 is 29.3 Å². The van der Waals surface area contributed by atoms with Gasteiger partial charge in [0.1, 0.15) is 0 Å². The molecule has 1 rings (SSSR count). The summed E-state index contributed by atoms with van der Waals surface area (Å²) in [4.78, 5) is 21.8. The second kappa shape index (κ2) is 8.00. The maximum absolute atomic E-state index is 11.5. The molecule has 7 nitrogen and oxygen atoms in total. The molecular weight excluding hydrogens is 266 g/mol. The van der Waals surface area contributed by atoms with Crippen molar-refractivity contribution in [1.82, 2.24) is 5.32 Å². The standard InChI is InChI=1S/C13H17NO6/c1-19-10-4-2-3-5-11(10)20-8-12(16)14-7-6-9(15)13(17)18/h2-5,9,15H,6-8H2,1H3,(H,14,16)(H,17,18). The summed E-state index contributed by atoms with van der Waals surface area (Å²) in [6.07, 6.45) is -1.54. The topological polar surface area (TPSA) is 105 Å². The monoisotopic (exact) mass is 283 g/mol. The van der Waals surface area contributed by atoms with Crippen LogP contribution in [0.2, 0.25) is 0 Å². The molecule has 0 fully saturated rings. The van der Waals surface area contributed by atoms with E-state index >= 15 is 0 Å². The van der Waals surface area contributed by atoms with Gasteiger partial charge in [-0.15, -0.1) is 0 Å². The molecule has 0 heterocycles. The van der Waals surface area contributed by atoms with Crippen LogP contribution in [-0.2, 0) is 9.59 Å². The summed E-state index contributed by atoms with van der Waals surface area (Å²) in [5, 5.41) is 19.9. The fraction of sp³-hybridized carbons (Fsp3) is 0.385. The first-order valence-electron chi connectivity index (χ1n) is 5.98. The van der Waals surface area contributed by atoms with E-state index in [2.05, 4.69) is 5.32 Å². The van der Waals surface area contributed by atoms with E-state index in [0.29, 0.717) is 11.5 Å². The number of aliphatic hydroxyl groups excluding tert-OH is 1. The molecule has 0 spiro atoms. The van der Waals surface area contributed by atoms with Gasteiger partial charge in [0.15, 0.2) is 24.2 Å². The second-order valence-corrected chi connectivity index (χ2v) is 3.93. The molecule has 0 aliphatic carbocycles. The first-order chi connectivity index (χ1) is 9.54. The van der Waals surface area contributed by atoms with Gasteiger partial charge in [-0.3, -0.25) is 4.79 Å². The number of aliphatic hydroxyl groups is 1. The number of carbonyl (C=O) groups is 2. The van der Waals surface area contributed by atoms with Gasteiger partial charge < -0.3 is 25.0 Å². The summed E-state index contributed by atoms with van der Waals surface area (Å²) in [5.74, 6) is -0.768. The summed E-state index contributed by atoms with van der Waals surface area (Å²) in [5.41, 5.74) is 0. The third-order valence-electron chi connectivity index (χ3n) is 2.45. The van der Waals surface area contributed by atoms with E-state index in [1.807, 2.05) is 0 Å². The number of methoxy groups -OCH3 is 1. The minimum atomic E-state index is -1.48. The number of aliphatic carboxylic acids is 1. The number of carboxylic acids is 1. The summed E-state index contributed by atoms with van der Waals surface area (Å²) in [7, 11) is 1.50. The highest BCUT2D eigenvalue weighted by molar-refractivity contribution is 5.77. The molecule has 1 atom stereocenters. The highest BCUT2D eigenvalue weighted by atomic mass is 16.5. The van der Waals surface area contributed by atoms with Crippen LogP contribution >= 0.6 is 0 Å². The lowest BCUT2D eigenvalue weighted by Crippen LogP contribution is -2.33. The van der Waals surface area contributed by atoms with Gasteiger partial charge in [-0.1, -0.05) is 12.1 Å². The van der Waals surface area contributed by atoms with E-state index < -0.39 is 18.0 Å². The minimum absolute atomic E-state index is 0.0571. The summed E-state index contributed by atoms with van der Waals surface area (Å²) >= 11 is 0. The van der Waals surface area contributed by atoms with Crippen molar-refractivity contribution in [2.24, 2.45) is 0 Å². The first-order valence-corrected chi connectivity index (χ1v) is 5.98. The van der Waals surface area contributed by atoms with Gasteiger partial charge in [-0.25, -0.2) is 4.79 Å². The van der Waals surface area contributed by atoms with Crippen molar-refractivity contribution in [2.45, 2.75) is 12.5 Å². The molecule has 3 N–H and O–H groups in total. The van der Waals surface area contributed by atoms with Crippen LogP contribution in [0.5, 0.6) is 11.5 Å². The van der Waals surface area contributed by atoms with Crippen LogP contribution < -0.4 is 14.8 Å². The van der Waals surface area contributed by atoms with E-state index in [9.17, 15) is 9.59 Å². The molecule has 1 unspecified atom stereocenters. The third kappa shape index (κ3) is 5.15. The van der Waals surface area contributed by atoms with Crippen LogP contribution in [0.15, 0.2) is 24.3 Å². The van der Waals surface area contributed by atoms with Gasteiger partial charge in [-0.2, -0.15) is 0 Å². The van der Waals surface area contributed by atoms with Gasteiger partial charge in [0.2, 0.25) is 0 Å². The average Bonchev–Trinajstić information content (AvgIpc) is 2.45. The van der Waals surface area contributed by atoms with Crippen molar-refractivity contribution in [1.29, 1.82) is 0 Å². The summed E-state index contributed by atoms with van der Waals surface area (Å²) in [6, 6.07) is 6.90. The SMILES string of the molecule is COc1ccccc1OCC(=O)NCCC(O)C(=O)O. The summed E-state index contributed by atoms with van der Waals surface area (Å²) < 4.78 is 10.3. The van der Waals surface area contributed by atoms with Gasteiger partial charge in [0, 0.05) is 13.0 Å². The Bertz CT molecular complexity index is 462. The van der Waals surface area contributed by atoms with E-state index in [0.717, 1.165) is 0 Å². The zero-order valence-corrected chi connectivity index (χ0v) is 11.0. The minimum Gasteiger partial charge on any atom is -0.493 e. The van der Waals surface area contributed by atoms with Gasteiger partial charge in [0.25, 0.3) is 5.91 Å². The molecule has 0 aliphatic heterocycles. The van der Waals surface area contributed by atoms with Crippen molar-refractivity contribution in [3.63, 3.8) is 0 Å². The Morgan fingerprint density at radius 2 is 1.95 bits per heavy atom. The predicted molar refractivity (Wildman–Crippen MR) is 69.8 cm³/mol. The lowest BCUT2D eigenvalue weighted by Gasteiger charge is -2.11. The highest BCUT2D eigenvalue weighted by Gasteiger charge is 2.13. The smallest absolute Gasteiger partial charge is 0.332 e. The van der Waals surface area contributed by atoms with Crippen LogP contribution in [0.1, 0.15) is 6.42 Å². The number of benzene rings is 1. The van der Waals surface area contributed by atoms with Gasteiger partial charge >= 0.3 is 5.97 Å². The van der Waals surface area contributed by atoms with Crippen molar-refractivity contribution in [3.8, 4) is 11.5 Å². The molecule has 1 amide bonds. The molecule has 1 aromatic rings. The molecule has 7 heteroatoms. The molecule has 110 valence electrons. The van der Waals surface area contributed by atoms with E-state index in [4.69, 9.17) is 19.7 Å². The van der Waals surface area contributed by atoms with E-state index in [1.54, 1.807) is 24.3 Å². The number of carbonyl (C=O) groups excluding carboxylic acids is 1. The Kier molecular flexibility index (Phi) is 6.31. The molecule has 1 aromatic carbocycles. The van der Waals surface area contributed by atoms with Crippen LogP contribution in [0, 0.1) is 0 Å². The Labute approximate surface area is 116 Å². The third-order valence-corrected chi connectivity index (χ3v) is 2.45. The molecule has 0 saturated heterocycles. The maximum atomic E-state index is 11.5. The predicted octanol–water partition coefficient (Wildman–Crippen LogP) is 0.0258. The molecule has 0 radical (unpaired) electrons. The molecular formula is C13H17NO6. The lowest BCUT2D eigenvalue weighted by atomic mass is 10.2. The van der Waals surface area contributed by atoms with E-state index in [1.165, 1.54) is 7.11 Å². The Morgan fingerprint density at radius 3 is 2.55 bits per heavy atom. The van der Waals surface area contributed by atoms with Crippen LogP contribution in [0.3, 0.4) is 0 Å². The number of carboxylic acid groups (broad SMARTS) is 1. The van der Waals surface area contributed by atoms with Crippen molar-refractivity contribution in [2.75, 3.05) is 20.3 Å². The van der Waals surface area contributed by atoms with Crippen LogP contribution in [0.25, 0.3) is 0 Å². The molecule has 20 heavy (non-hydrogen) atoms. The first kappa shape index (κ1) is 15.8. The molecule has 0 saturated carbocycles. The molecule has 0 aliphatic rings. The van der Waals surface area contributed by atoms with Gasteiger partial charge in [-0.05, 0) is 12.1 Å². The van der Waals surface area contributed by atoms with E-state index in [-0.39, 0.29) is 19.6 Å². The largest absolute Gasteiger partial charge is 0.493 e. The lowest BCUT2D eigenvalue weighted by molar-refractivity contribution is -0.147. The highest BCUT2D eigenvalue weighted by Crippen LogP contribution is 2.25. The van der Waals surface area contributed by atoms with Crippen LogP contribution in [-0.4, -0.2) is 48.5 Å². The van der Waals surface area contributed by atoms with Crippen molar-refractivity contribution >= 4 is 11.9 Å². The van der Waals surface area contributed by atoms with Gasteiger partial charge in [0.05, 0.1) is 7.11 Å². The fourth-order valence-electron chi connectivity index (χ4n) is 1.40. The Hall–Kier alpha value is -2.28. The number of para-hydroxylation sites is 2. The number of amides is 1. The Balaban J connectivity index is 2.31. The normalized spacial score (nSPS) is 11.5. The number of rotatable bonds is 8. The number of ether oxygens (including phenoxy) is 2. The average molecular weight is 283 g/mol. The van der Waals surface area contributed by atoms with Crippen LogP contribution in [0.4, 0.5) is 0 Å². The quantitative estimate of drug-likeness (QED) is 0.621. The second-order valence-electron chi connectivity index (χ2n) is 3.93. The molecule has 0 bridgehead atoms. The zero-order chi connectivity index (χ0) is 15.0. The van der Waals surface area contributed by atoms with Crippen molar-refractivity contribution in [3.05, 3.63) is 24.3 Å². The summed E-state index contributed by atoms with van der Waals surface area (Å²) in [6.45, 7) is -0.162. The maximum Gasteiger partial charge on any atom is 0.332 e. The number of hydrogen-bond acceptors (Lipinski definition) is 5. The number of hydrogen-bond donors (Lipinski definition) is 3.